The van der Waals surface area contributed by atoms with E-state index in [4.69, 9.17) is 9.47 Å². The fourth-order valence-electron chi connectivity index (χ4n) is 3.46. The highest BCUT2D eigenvalue weighted by Gasteiger charge is 2.37. The molecule has 0 aliphatic carbocycles. The number of non-ortho nitro benzene ring substituents is 1. The molecule has 32 heavy (non-hydrogen) atoms. The van der Waals surface area contributed by atoms with Crippen LogP contribution in [0.4, 0.5) is 10.5 Å². The molecule has 1 fully saturated rings. The lowest BCUT2D eigenvalue weighted by Crippen LogP contribution is -2.46. The lowest BCUT2D eigenvalue weighted by atomic mass is 10.2. The first-order valence-corrected chi connectivity index (χ1v) is 10.3. The maximum Gasteiger partial charge on any atom is 0.408 e. The minimum absolute atomic E-state index is 0.110. The number of ether oxygens (including phenoxy) is 2. The molecule has 9 nitrogen and oxygen atoms in total. The van der Waals surface area contributed by atoms with Crippen LogP contribution in [-0.4, -0.2) is 52.7 Å². The van der Waals surface area contributed by atoms with Crippen LogP contribution in [-0.2, 0) is 16.0 Å². The van der Waals surface area contributed by atoms with Gasteiger partial charge in [-0.1, -0.05) is 30.3 Å². The summed E-state index contributed by atoms with van der Waals surface area (Å²) in [5.74, 6) is -0.609. The molecule has 2 aromatic rings. The zero-order valence-electron chi connectivity index (χ0n) is 18.3. The number of hydrogen-bond donors (Lipinski definition) is 1. The van der Waals surface area contributed by atoms with Crippen molar-refractivity contribution in [2.75, 3.05) is 13.1 Å². The summed E-state index contributed by atoms with van der Waals surface area (Å²) in [6.45, 7) is 6.86. The molecule has 170 valence electrons. The first kappa shape index (κ1) is 23.2. The van der Waals surface area contributed by atoms with E-state index in [1.807, 2.05) is 30.3 Å². The second kappa shape index (κ2) is 9.78. The molecule has 2 aromatic carbocycles. The zero-order valence-corrected chi connectivity index (χ0v) is 18.3. The molecular formula is C23H27N3O6. The SMILES string of the molecule is CC(C)(C)OC(=O)NC1CN(Cc2ccccc2)CC1OC(=O)c1ccc([N+](=O)[O-])cc1. The van der Waals surface area contributed by atoms with Crippen LogP contribution in [0.5, 0.6) is 0 Å². The Balaban J connectivity index is 1.70. The number of benzene rings is 2. The maximum absolute atomic E-state index is 12.7. The average molecular weight is 441 g/mol. The molecule has 2 unspecified atom stereocenters. The van der Waals surface area contributed by atoms with Gasteiger partial charge in [-0.3, -0.25) is 15.0 Å². The topological polar surface area (TPSA) is 111 Å². The number of nitrogens with zero attached hydrogens (tertiary/aromatic N) is 2. The standard InChI is InChI=1S/C23H27N3O6/c1-23(2,3)32-22(28)24-19-14-25(13-16-7-5-4-6-8-16)15-20(19)31-21(27)17-9-11-18(12-10-17)26(29)30/h4-12,19-20H,13-15H2,1-3H3,(H,24,28). The number of esters is 1. The molecule has 0 spiro atoms. The summed E-state index contributed by atoms with van der Waals surface area (Å²) >= 11 is 0. The predicted molar refractivity (Wildman–Crippen MR) is 117 cm³/mol. The number of alkyl carbamates (subject to hydrolysis) is 1. The molecule has 1 aliphatic heterocycles. The van der Waals surface area contributed by atoms with E-state index in [1.54, 1.807) is 20.8 Å². The highest BCUT2D eigenvalue weighted by atomic mass is 16.6. The minimum atomic E-state index is -0.655. The first-order valence-electron chi connectivity index (χ1n) is 10.3. The maximum atomic E-state index is 12.7. The number of nitro groups is 1. The summed E-state index contributed by atoms with van der Waals surface area (Å²) in [6, 6.07) is 14.6. The van der Waals surface area contributed by atoms with Crippen molar-refractivity contribution in [3.8, 4) is 0 Å². The Morgan fingerprint density at radius 1 is 1.09 bits per heavy atom. The van der Waals surface area contributed by atoms with Crippen molar-refractivity contribution >= 4 is 17.7 Å². The Hall–Kier alpha value is -3.46. The Morgan fingerprint density at radius 3 is 2.34 bits per heavy atom. The summed E-state index contributed by atoms with van der Waals surface area (Å²) in [4.78, 5) is 37.4. The zero-order chi connectivity index (χ0) is 23.3. The molecule has 2 atom stereocenters. The molecule has 1 saturated heterocycles. The quantitative estimate of drug-likeness (QED) is 0.415. The van der Waals surface area contributed by atoms with Crippen LogP contribution in [0, 0.1) is 10.1 Å². The van der Waals surface area contributed by atoms with Crippen LogP contribution in [0.15, 0.2) is 54.6 Å². The van der Waals surface area contributed by atoms with Crippen molar-refractivity contribution in [3.63, 3.8) is 0 Å². The Kier molecular flexibility index (Phi) is 7.09. The highest BCUT2D eigenvalue weighted by molar-refractivity contribution is 5.89. The molecule has 1 N–H and O–H groups in total. The van der Waals surface area contributed by atoms with Crippen molar-refractivity contribution in [2.45, 2.75) is 45.1 Å². The summed E-state index contributed by atoms with van der Waals surface area (Å²) in [7, 11) is 0. The van der Waals surface area contributed by atoms with Crippen molar-refractivity contribution in [3.05, 3.63) is 75.8 Å². The smallest absolute Gasteiger partial charge is 0.408 e. The number of amides is 1. The monoisotopic (exact) mass is 441 g/mol. The average Bonchev–Trinajstić information content (AvgIpc) is 3.07. The summed E-state index contributed by atoms with van der Waals surface area (Å²) < 4.78 is 11.0. The van der Waals surface area contributed by atoms with E-state index in [-0.39, 0.29) is 11.3 Å². The van der Waals surface area contributed by atoms with Gasteiger partial charge < -0.3 is 14.8 Å². The van der Waals surface area contributed by atoms with Gasteiger partial charge in [0.15, 0.2) is 0 Å². The Bertz CT molecular complexity index is 956. The van der Waals surface area contributed by atoms with Gasteiger partial charge in [0.25, 0.3) is 5.69 Å². The van der Waals surface area contributed by atoms with Gasteiger partial charge in [-0.25, -0.2) is 9.59 Å². The molecule has 0 bridgehead atoms. The van der Waals surface area contributed by atoms with Gasteiger partial charge in [0.05, 0.1) is 16.5 Å². The Morgan fingerprint density at radius 2 is 1.75 bits per heavy atom. The largest absolute Gasteiger partial charge is 0.455 e. The lowest BCUT2D eigenvalue weighted by molar-refractivity contribution is -0.384. The summed E-state index contributed by atoms with van der Waals surface area (Å²) in [6.07, 6.45) is -1.19. The highest BCUT2D eigenvalue weighted by Crippen LogP contribution is 2.20. The van der Waals surface area contributed by atoms with Crippen molar-refractivity contribution < 1.29 is 24.0 Å². The number of likely N-dealkylation sites (tertiary alicyclic amines) is 1. The first-order chi connectivity index (χ1) is 15.1. The van der Waals surface area contributed by atoms with E-state index >= 15 is 0 Å². The van der Waals surface area contributed by atoms with Gasteiger partial charge in [0, 0.05) is 31.8 Å². The second-order valence-electron chi connectivity index (χ2n) is 8.68. The number of nitrogens with one attached hydrogen (secondary N) is 1. The van der Waals surface area contributed by atoms with Crippen LogP contribution < -0.4 is 5.32 Å². The van der Waals surface area contributed by atoms with Crippen molar-refractivity contribution in [1.29, 1.82) is 0 Å². The third kappa shape index (κ3) is 6.52. The van der Waals surface area contributed by atoms with E-state index in [2.05, 4.69) is 10.2 Å². The van der Waals surface area contributed by atoms with Crippen LogP contribution in [0.25, 0.3) is 0 Å². The number of rotatable bonds is 6. The van der Waals surface area contributed by atoms with E-state index in [0.29, 0.717) is 19.6 Å². The van der Waals surface area contributed by atoms with E-state index in [1.165, 1.54) is 24.3 Å². The fraction of sp³-hybridized carbons (Fsp3) is 0.391. The number of carbonyl (C=O) groups is 2. The van der Waals surface area contributed by atoms with Crippen molar-refractivity contribution in [2.24, 2.45) is 0 Å². The number of hydrogen-bond acceptors (Lipinski definition) is 7. The summed E-state index contributed by atoms with van der Waals surface area (Å²) in [5.41, 5.74) is 0.539. The molecular weight excluding hydrogens is 414 g/mol. The van der Waals surface area contributed by atoms with Crippen LogP contribution in [0.3, 0.4) is 0 Å². The molecule has 1 heterocycles. The van der Waals surface area contributed by atoms with Crippen LogP contribution >= 0.6 is 0 Å². The molecule has 3 rings (SSSR count). The van der Waals surface area contributed by atoms with E-state index in [0.717, 1.165) is 5.56 Å². The normalized spacial score (nSPS) is 18.7. The molecule has 1 aliphatic rings. The predicted octanol–water partition coefficient (Wildman–Crippen LogP) is 3.53. The molecule has 0 aromatic heterocycles. The van der Waals surface area contributed by atoms with Gasteiger partial charge >= 0.3 is 12.1 Å². The minimum Gasteiger partial charge on any atom is -0.455 e. The van der Waals surface area contributed by atoms with Crippen LogP contribution in [0.2, 0.25) is 0 Å². The van der Waals surface area contributed by atoms with Gasteiger partial charge in [-0.2, -0.15) is 0 Å². The van der Waals surface area contributed by atoms with Gasteiger partial charge in [0.1, 0.15) is 11.7 Å². The third-order valence-corrected chi connectivity index (χ3v) is 4.87. The summed E-state index contributed by atoms with van der Waals surface area (Å²) in [5, 5.41) is 13.6. The van der Waals surface area contributed by atoms with Crippen LogP contribution in [0.1, 0.15) is 36.7 Å². The van der Waals surface area contributed by atoms with Gasteiger partial charge in [-0.05, 0) is 38.5 Å². The Labute approximate surface area is 186 Å². The van der Waals surface area contributed by atoms with E-state index in [9.17, 15) is 19.7 Å². The molecule has 1 amide bonds. The molecule has 0 saturated carbocycles. The second-order valence-corrected chi connectivity index (χ2v) is 8.68. The van der Waals surface area contributed by atoms with Crippen molar-refractivity contribution in [1.82, 2.24) is 10.2 Å². The fourth-order valence-corrected chi connectivity index (χ4v) is 3.46. The lowest BCUT2D eigenvalue weighted by Gasteiger charge is -2.24. The molecule has 9 heteroatoms. The third-order valence-electron chi connectivity index (χ3n) is 4.87. The van der Waals surface area contributed by atoms with Gasteiger partial charge in [0.2, 0.25) is 0 Å². The number of carbonyl (C=O) groups excluding carboxylic acids is 2. The number of nitro benzene ring substituents is 1. The van der Waals surface area contributed by atoms with E-state index < -0.39 is 34.7 Å². The molecule has 0 radical (unpaired) electrons. The van der Waals surface area contributed by atoms with Gasteiger partial charge in [-0.15, -0.1) is 0 Å².